The lowest BCUT2D eigenvalue weighted by molar-refractivity contribution is 0.0697. The first-order valence-corrected chi connectivity index (χ1v) is 16.5. The summed E-state index contributed by atoms with van der Waals surface area (Å²) < 4.78 is 46.2. The van der Waals surface area contributed by atoms with Gasteiger partial charge in [0.1, 0.15) is 11.4 Å². The van der Waals surface area contributed by atoms with Gasteiger partial charge < -0.3 is 19.9 Å². The van der Waals surface area contributed by atoms with Gasteiger partial charge in [-0.3, -0.25) is 4.21 Å². The van der Waals surface area contributed by atoms with Crippen molar-refractivity contribution in [3.8, 4) is 11.5 Å². The minimum atomic E-state index is -3.59. The molecule has 246 valence electrons. The van der Waals surface area contributed by atoms with Crippen LogP contribution in [0.1, 0.15) is 15.9 Å². The molecule has 0 saturated carbocycles. The Morgan fingerprint density at radius 1 is 0.755 bits per heavy atom. The lowest BCUT2D eigenvalue weighted by Crippen LogP contribution is -1.97. The molecule has 3 N–H and O–H groups in total. The molecule has 14 nitrogen and oxygen atoms in total. The summed E-state index contributed by atoms with van der Waals surface area (Å²) in [6, 6.07) is 22.5. The molecule has 5 rings (SSSR count). The Morgan fingerprint density at radius 3 is 1.80 bits per heavy atom. The molecular weight excluding hydrogens is 673 g/mol. The Labute approximate surface area is 281 Å². The highest BCUT2D eigenvalue weighted by Gasteiger charge is 2.22. The topological polar surface area (TPSA) is 226 Å². The Hall–Kier alpha value is -6.23. The fourth-order valence-electron chi connectivity index (χ4n) is 4.37. The van der Waals surface area contributed by atoms with Gasteiger partial charge in [-0.15, -0.1) is 20.5 Å². The fraction of sp³-hybridized carbons (Fsp3) is 0. The van der Waals surface area contributed by atoms with Crippen molar-refractivity contribution in [1.29, 1.82) is 0 Å². The Balaban J connectivity index is 1.47. The van der Waals surface area contributed by atoms with E-state index < -0.39 is 55.3 Å². The second-order valence-electron chi connectivity index (χ2n) is 9.95. The van der Waals surface area contributed by atoms with Crippen molar-refractivity contribution < 1.29 is 37.3 Å². The minimum absolute atomic E-state index is 0.0710. The van der Waals surface area contributed by atoms with Gasteiger partial charge in [0.25, 0.3) is 0 Å². The van der Waals surface area contributed by atoms with Crippen LogP contribution in [-0.2, 0) is 20.9 Å². The van der Waals surface area contributed by atoms with E-state index in [1.807, 2.05) is 0 Å². The Bertz CT molecular complexity index is 2360. The second kappa shape index (κ2) is 14.3. The summed E-state index contributed by atoms with van der Waals surface area (Å²) >= 11 is -2.52. The number of phenolic OH excluding ortho intramolecular Hbond substituents is 2. The van der Waals surface area contributed by atoms with Gasteiger partial charge in [0.2, 0.25) is 0 Å². The van der Waals surface area contributed by atoms with Gasteiger partial charge in [0.15, 0.2) is 21.3 Å². The number of aromatic carboxylic acids is 1. The molecule has 1 unspecified atom stereocenters. The van der Waals surface area contributed by atoms with Crippen LogP contribution in [0, 0.1) is 0 Å². The summed E-state index contributed by atoms with van der Waals surface area (Å²) in [5.74, 6) is -3.01. The van der Waals surface area contributed by atoms with Crippen LogP contribution >= 0.6 is 0 Å². The van der Waals surface area contributed by atoms with Crippen LogP contribution in [0.15, 0.2) is 145 Å². The highest BCUT2D eigenvalue weighted by molar-refractivity contribution is 7.94. The number of benzene rings is 5. The van der Waals surface area contributed by atoms with E-state index in [0.29, 0.717) is 33.4 Å². The maximum Gasteiger partial charge on any atom is 0.338 e. The SMILES string of the molecule is C=CS(=O)(=O)c1ccc(N=Nc2ccc(N=Nc3c(O)cc(C(=O)O)c(N=Nc4ccc(C(=C)S(=O)[O-])cc4)c3O)c3ccccc23)cc1. The van der Waals surface area contributed by atoms with E-state index in [1.54, 1.807) is 36.4 Å². The quantitative estimate of drug-likeness (QED) is 0.0890. The number of nitrogens with zero attached hydrogens (tertiary/aromatic N) is 6. The van der Waals surface area contributed by atoms with Gasteiger partial charge in [0, 0.05) is 21.1 Å². The van der Waals surface area contributed by atoms with Crippen LogP contribution in [0.2, 0.25) is 0 Å². The molecule has 0 bridgehead atoms. The summed E-state index contributed by atoms with van der Waals surface area (Å²) in [6.45, 7) is 6.77. The molecule has 0 aliphatic carbocycles. The zero-order valence-corrected chi connectivity index (χ0v) is 26.7. The van der Waals surface area contributed by atoms with Gasteiger partial charge in [-0.2, -0.15) is 10.2 Å². The summed E-state index contributed by atoms with van der Waals surface area (Å²) in [7, 11) is -3.59. The number of carboxylic acids is 1. The van der Waals surface area contributed by atoms with Crippen LogP contribution in [0.3, 0.4) is 0 Å². The van der Waals surface area contributed by atoms with Gasteiger partial charge in [-0.1, -0.05) is 49.6 Å². The average Bonchev–Trinajstić information content (AvgIpc) is 3.10. The van der Waals surface area contributed by atoms with Gasteiger partial charge >= 0.3 is 5.97 Å². The molecule has 0 aliphatic heterocycles. The van der Waals surface area contributed by atoms with Crippen molar-refractivity contribution >= 4 is 76.7 Å². The predicted octanol–water partition coefficient (Wildman–Crippen LogP) is 8.96. The second-order valence-corrected chi connectivity index (χ2v) is 12.8. The number of fused-ring (bicyclic) bond motifs is 1. The molecule has 5 aromatic carbocycles. The molecular formula is C33H23N6O8S2-. The van der Waals surface area contributed by atoms with E-state index in [-0.39, 0.29) is 15.5 Å². The van der Waals surface area contributed by atoms with E-state index >= 15 is 0 Å². The van der Waals surface area contributed by atoms with Crippen molar-refractivity contribution in [2.45, 2.75) is 4.90 Å². The van der Waals surface area contributed by atoms with E-state index in [9.17, 15) is 37.3 Å². The number of aromatic hydroxyl groups is 2. The highest BCUT2D eigenvalue weighted by Crippen LogP contribution is 2.47. The molecule has 5 aromatic rings. The van der Waals surface area contributed by atoms with Crippen molar-refractivity contribution in [3.63, 3.8) is 0 Å². The summed E-state index contributed by atoms with van der Waals surface area (Å²) in [5.41, 5.74) is 0.115. The maximum atomic E-state index is 12.0. The highest BCUT2D eigenvalue weighted by atomic mass is 32.2. The largest absolute Gasteiger partial charge is 0.768 e. The third-order valence-electron chi connectivity index (χ3n) is 6.91. The molecule has 0 radical (unpaired) electrons. The molecule has 0 saturated heterocycles. The predicted molar refractivity (Wildman–Crippen MR) is 181 cm³/mol. The van der Waals surface area contributed by atoms with Gasteiger partial charge in [0.05, 0.1) is 33.2 Å². The van der Waals surface area contributed by atoms with E-state index in [4.69, 9.17) is 0 Å². The number of carboxylic acid groups (broad SMARTS) is 1. The maximum absolute atomic E-state index is 12.0. The van der Waals surface area contributed by atoms with Crippen molar-refractivity contribution in [2.24, 2.45) is 30.7 Å². The molecule has 0 amide bonds. The zero-order chi connectivity index (χ0) is 35.3. The smallest absolute Gasteiger partial charge is 0.338 e. The Morgan fingerprint density at radius 2 is 1.27 bits per heavy atom. The van der Waals surface area contributed by atoms with Crippen molar-refractivity contribution in [1.82, 2.24) is 0 Å². The average molecular weight is 696 g/mol. The molecule has 0 heterocycles. The molecule has 1 atom stereocenters. The lowest BCUT2D eigenvalue weighted by Gasteiger charge is -2.09. The molecule has 0 aromatic heterocycles. The third kappa shape index (κ3) is 7.51. The zero-order valence-electron chi connectivity index (χ0n) is 25.0. The third-order valence-corrected chi connectivity index (χ3v) is 8.91. The number of hydrogen-bond donors (Lipinski definition) is 3. The number of phenols is 2. The number of carbonyl (C=O) groups is 1. The van der Waals surface area contributed by atoms with Crippen LogP contribution in [0.4, 0.5) is 34.1 Å². The van der Waals surface area contributed by atoms with Gasteiger partial charge in [-0.25, -0.2) is 13.2 Å². The lowest BCUT2D eigenvalue weighted by atomic mass is 10.1. The fourth-order valence-corrected chi connectivity index (χ4v) is 5.41. The van der Waals surface area contributed by atoms with Crippen LogP contribution in [0.5, 0.6) is 11.5 Å². The first kappa shape index (κ1) is 34.1. The number of rotatable bonds is 11. The minimum Gasteiger partial charge on any atom is -0.768 e. The number of sulfone groups is 1. The van der Waals surface area contributed by atoms with Gasteiger partial charge in [-0.05, 0) is 71.2 Å². The normalized spacial score (nSPS) is 12.6. The number of hydrogen-bond acceptors (Lipinski definition) is 13. The molecule has 0 spiro atoms. The summed E-state index contributed by atoms with van der Waals surface area (Å²) in [4.78, 5) is 11.8. The first-order valence-electron chi connectivity index (χ1n) is 13.8. The standard InChI is InChI=1S/C33H24N6O8S2/c1-3-49(46,47)23-14-12-22(13-15-23)34-36-27-16-17-28(25-7-5-4-6-24(25)27)37-39-31-29(40)18-26(33(42)43)30(32(31)41)38-35-21-10-8-20(9-11-21)19(2)48(44)45/h3-18,40-41H,1-2H2,(H,42,43)(H,44,45)/p-1. The van der Waals surface area contributed by atoms with Crippen LogP contribution in [0.25, 0.3) is 15.7 Å². The monoisotopic (exact) mass is 695 g/mol. The van der Waals surface area contributed by atoms with Crippen LogP contribution < -0.4 is 0 Å². The van der Waals surface area contributed by atoms with Crippen LogP contribution in [-0.4, -0.2) is 38.5 Å². The van der Waals surface area contributed by atoms with Crippen molar-refractivity contribution in [2.75, 3.05) is 0 Å². The molecule has 49 heavy (non-hydrogen) atoms. The van der Waals surface area contributed by atoms with E-state index in [0.717, 1.165) is 11.5 Å². The van der Waals surface area contributed by atoms with E-state index in [1.165, 1.54) is 48.5 Å². The van der Waals surface area contributed by atoms with E-state index in [2.05, 4.69) is 43.8 Å². The number of azo groups is 3. The summed E-state index contributed by atoms with van der Waals surface area (Å²) in [6.07, 6.45) is 0. The first-order chi connectivity index (χ1) is 23.4. The molecule has 0 aliphatic rings. The molecule has 0 fully saturated rings. The summed E-state index contributed by atoms with van der Waals surface area (Å²) in [5, 5.41) is 57.8. The van der Waals surface area contributed by atoms with Crippen molar-refractivity contribution in [3.05, 3.63) is 121 Å². The molecule has 16 heteroatoms. The Kier molecular flexibility index (Phi) is 9.93.